The van der Waals surface area contributed by atoms with E-state index in [1.165, 1.54) is 0 Å². The zero-order valence-electron chi connectivity index (χ0n) is 20.0. The van der Waals surface area contributed by atoms with E-state index in [-0.39, 0.29) is 17.6 Å². The zero-order chi connectivity index (χ0) is 25.4. The summed E-state index contributed by atoms with van der Waals surface area (Å²) < 4.78 is 0. The Kier molecular flexibility index (Phi) is 6.69. The number of rotatable bonds is 4. The van der Waals surface area contributed by atoms with Gasteiger partial charge in [0, 0.05) is 29.0 Å². The van der Waals surface area contributed by atoms with Crippen LogP contribution in [0, 0.1) is 6.92 Å². The van der Waals surface area contributed by atoms with Gasteiger partial charge in [0.1, 0.15) is 0 Å². The van der Waals surface area contributed by atoms with Crippen LogP contribution in [0.4, 0.5) is 5.82 Å². The van der Waals surface area contributed by atoms with Crippen molar-refractivity contribution < 1.29 is 14.6 Å². The molecule has 2 atom stereocenters. The molecular formula is C29H26Cl2N3O2+. The molecule has 1 aromatic heterocycles. The van der Waals surface area contributed by atoms with E-state index in [1.807, 2.05) is 50.2 Å². The zero-order valence-corrected chi connectivity index (χ0v) is 21.5. The number of anilines is 1. The Bertz CT molecular complexity index is 1430. The number of nitrogens with one attached hydrogen (secondary N) is 3. The molecule has 2 aromatic carbocycles. The minimum Gasteiger partial charge on any atom is -0.362 e. The molecule has 0 bridgehead atoms. The van der Waals surface area contributed by atoms with Gasteiger partial charge in [-0.2, -0.15) is 0 Å². The Morgan fingerprint density at radius 3 is 2.53 bits per heavy atom. The number of Topliss-reactive ketones (excluding diaryl/α,β-unsaturated/α-hetero) is 1. The number of allylic oxidation sites excluding steroid dienone is 3. The number of ketones is 1. The number of dihydropyridines is 1. The second-order valence-corrected chi connectivity index (χ2v) is 10.0. The fraction of sp³-hybridized carbons (Fsp3) is 0.207. The van der Waals surface area contributed by atoms with Crippen molar-refractivity contribution in [1.82, 2.24) is 5.32 Å². The molecular weight excluding hydrogens is 493 g/mol. The number of hydrogen-bond donors (Lipinski definition) is 2. The van der Waals surface area contributed by atoms with E-state index in [1.54, 1.807) is 18.3 Å². The van der Waals surface area contributed by atoms with Crippen molar-refractivity contribution in [3.8, 4) is 0 Å². The van der Waals surface area contributed by atoms with Gasteiger partial charge < -0.3 is 5.32 Å². The number of aromatic nitrogens is 1. The van der Waals surface area contributed by atoms with Crippen LogP contribution in [0.3, 0.4) is 0 Å². The number of hydrogen-bond acceptors (Lipinski definition) is 3. The molecule has 5 rings (SSSR count). The van der Waals surface area contributed by atoms with Crippen LogP contribution in [0.25, 0.3) is 0 Å². The fourth-order valence-electron chi connectivity index (χ4n) is 5.19. The smallest absolute Gasteiger partial charge is 0.337 e. The van der Waals surface area contributed by atoms with Crippen LogP contribution in [-0.2, 0) is 9.59 Å². The van der Waals surface area contributed by atoms with Crippen molar-refractivity contribution in [2.45, 2.75) is 38.5 Å². The van der Waals surface area contributed by atoms with Gasteiger partial charge in [0.2, 0.25) is 0 Å². The van der Waals surface area contributed by atoms with Crippen LogP contribution >= 0.6 is 23.2 Å². The quantitative estimate of drug-likeness (QED) is 0.437. The number of carbonyl (C=O) groups is 2. The lowest BCUT2D eigenvalue weighted by Crippen LogP contribution is -2.37. The summed E-state index contributed by atoms with van der Waals surface area (Å²) in [7, 11) is 0. The van der Waals surface area contributed by atoms with Gasteiger partial charge in [0.25, 0.3) is 5.82 Å². The summed E-state index contributed by atoms with van der Waals surface area (Å²) in [5.74, 6) is -0.293. The molecule has 182 valence electrons. The Labute approximate surface area is 220 Å². The van der Waals surface area contributed by atoms with Crippen molar-refractivity contribution in [2.24, 2.45) is 0 Å². The van der Waals surface area contributed by atoms with E-state index in [9.17, 15) is 9.59 Å². The average Bonchev–Trinajstić information content (AvgIpc) is 2.86. The molecule has 2 heterocycles. The minimum atomic E-state index is -0.638. The van der Waals surface area contributed by atoms with E-state index in [0.29, 0.717) is 51.1 Å². The van der Waals surface area contributed by atoms with Gasteiger partial charge in [-0.05, 0) is 55.5 Å². The molecule has 3 aromatic rings. The maximum absolute atomic E-state index is 13.7. The first-order chi connectivity index (χ1) is 17.3. The topological polar surface area (TPSA) is 72.3 Å². The molecule has 0 spiro atoms. The number of pyridine rings is 1. The number of H-pyrrole nitrogens is 1. The highest BCUT2D eigenvalue weighted by molar-refractivity contribution is 6.42. The number of halogens is 2. The van der Waals surface area contributed by atoms with Crippen LogP contribution in [-0.4, -0.2) is 11.7 Å². The minimum absolute atomic E-state index is 0.00102. The number of benzene rings is 2. The summed E-state index contributed by atoms with van der Waals surface area (Å²) in [6.07, 6.45) is 2.78. The normalized spacial score (nSPS) is 19.6. The molecule has 0 saturated heterocycles. The van der Waals surface area contributed by atoms with E-state index in [2.05, 4.69) is 27.8 Å². The number of amides is 1. The van der Waals surface area contributed by atoms with Gasteiger partial charge in [-0.3, -0.25) is 4.79 Å². The summed E-state index contributed by atoms with van der Waals surface area (Å²) in [4.78, 5) is 30.6. The molecule has 2 unspecified atom stereocenters. The Morgan fingerprint density at radius 2 is 1.78 bits per heavy atom. The number of carbonyl (C=O) groups excluding carboxylic acids is 2. The van der Waals surface area contributed by atoms with Crippen molar-refractivity contribution in [2.75, 3.05) is 5.32 Å². The van der Waals surface area contributed by atoms with Gasteiger partial charge in [0.15, 0.2) is 5.78 Å². The van der Waals surface area contributed by atoms with Crippen LogP contribution < -0.4 is 15.6 Å². The van der Waals surface area contributed by atoms with Gasteiger partial charge in [0.05, 0.1) is 27.7 Å². The van der Waals surface area contributed by atoms with E-state index in [4.69, 9.17) is 23.2 Å². The molecule has 0 fully saturated rings. The lowest BCUT2D eigenvalue weighted by Gasteiger charge is -2.36. The first-order valence-corrected chi connectivity index (χ1v) is 12.6. The predicted octanol–water partition coefficient (Wildman–Crippen LogP) is 6.12. The van der Waals surface area contributed by atoms with E-state index < -0.39 is 5.92 Å². The molecule has 7 heteroatoms. The second kappa shape index (κ2) is 9.92. The lowest BCUT2D eigenvalue weighted by atomic mass is 9.71. The van der Waals surface area contributed by atoms with Crippen molar-refractivity contribution >= 4 is 40.7 Å². The second-order valence-electron chi connectivity index (χ2n) is 9.25. The van der Waals surface area contributed by atoms with Crippen molar-refractivity contribution in [3.63, 3.8) is 0 Å². The number of aromatic amines is 1. The molecule has 0 saturated carbocycles. The largest absolute Gasteiger partial charge is 0.362 e. The summed E-state index contributed by atoms with van der Waals surface area (Å²) >= 11 is 13.1. The highest BCUT2D eigenvalue weighted by atomic mass is 35.5. The predicted molar refractivity (Wildman–Crippen MR) is 142 cm³/mol. The lowest BCUT2D eigenvalue weighted by molar-refractivity contribution is -0.361. The summed E-state index contributed by atoms with van der Waals surface area (Å²) in [5.41, 5.74) is 5.20. The molecule has 3 N–H and O–H groups in total. The molecule has 1 aliphatic heterocycles. The molecule has 1 amide bonds. The summed E-state index contributed by atoms with van der Waals surface area (Å²) in [6, 6.07) is 19.2. The van der Waals surface area contributed by atoms with Gasteiger partial charge in [-0.1, -0.05) is 65.7 Å². The Hall–Kier alpha value is -3.41. The molecule has 0 radical (unpaired) electrons. The third kappa shape index (κ3) is 4.45. The third-order valence-electron chi connectivity index (χ3n) is 6.94. The first kappa shape index (κ1) is 24.3. The monoisotopic (exact) mass is 518 g/mol. The fourth-order valence-corrected chi connectivity index (χ4v) is 5.61. The van der Waals surface area contributed by atoms with Crippen LogP contribution in [0.2, 0.25) is 10.0 Å². The molecule has 2 aliphatic rings. The Morgan fingerprint density at radius 1 is 1.00 bits per heavy atom. The highest BCUT2D eigenvalue weighted by Gasteiger charge is 2.43. The van der Waals surface area contributed by atoms with Crippen LogP contribution in [0.5, 0.6) is 0 Å². The standard InChI is InChI=1S/C29H25Cl2N3O2/c1-16-8-7-13-32-28(16)34-29(36)24-17(2)33-22-14-19(18-9-4-3-5-10-18)15-23(35)26(22)25(24)20-11-6-12-21(30)27(20)31/h3-13,19,25,33H,14-15H2,1-2H3,(H,32,34,36)/p+1. The maximum atomic E-state index is 13.7. The van der Waals surface area contributed by atoms with Crippen molar-refractivity contribution in [3.05, 3.63) is 116 Å². The molecule has 36 heavy (non-hydrogen) atoms. The van der Waals surface area contributed by atoms with E-state index in [0.717, 1.165) is 16.8 Å². The van der Waals surface area contributed by atoms with E-state index >= 15 is 0 Å². The van der Waals surface area contributed by atoms with Crippen LogP contribution in [0.15, 0.2) is 89.4 Å². The summed E-state index contributed by atoms with van der Waals surface area (Å²) in [6.45, 7) is 3.77. The van der Waals surface area contributed by atoms with Gasteiger partial charge in [-0.25, -0.2) is 15.1 Å². The maximum Gasteiger partial charge on any atom is 0.337 e. The average molecular weight is 519 g/mol. The summed E-state index contributed by atoms with van der Waals surface area (Å²) in [5, 5.41) is 7.12. The van der Waals surface area contributed by atoms with Crippen molar-refractivity contribution in [1.29, 1.82) is 0 Å². The third-order valence-corrected chi connectivity index (χ3v) is 7.77. The Balaban J connectivity index is 1.61. The molecule has 1 aliphatic carbocycles. The highest BCUT2D eigenvalue weighted by Crippen LogP contribution is 2.48. The first-order valence-electron chi connectivity index (χ1n) is 11.9. The van der Waals surface area contributed by atoms with Crippen LogP contribution in [0.1, 0.15) is 48.3 Å². The molecule has 5 nitrogen and oxygen atoms in total. The van der Waals surface area contributed by atoms with Gasteiger partial charge in [-0.15, -0.1) is 0 Å². The SMILES string of the molecule is CC1=C(C(=O)Nc2[nH+]cccc2C)C(c2cccc(Cl)c2Cl)C2=C(CC(c3ccccc3)CC2=O)N1. The van der Waals surface area contributed by atoms with Gasteiger partial charge >= 0.3 is 5.91 Å². The number of aryl methyl sites for hydroxylation is 1.